The molecule has 0 saturated carbocycles. The summed E-state index contributed by atoms with van der Waals surface area (Å²) < 4.78 is 0. The smallest absolute Gasteiger partial charge is 0.130 e. The van der Waals surface area contributed by atoms with Crippen LogP contribution in [0.3, 0.4) is 0 Å². The highest BCUT2D eigenvalue weighted by atomic mass is 16.1. The van der Waals surface area contributed by atoms with Crippen molar-refractivity contribution >= 4 is 16.6 Å². The maximum atomic E-state index is 11.2. The van der Waals surface area contributed by atoms with Crippen LogP contribution in [0.15, 0.2) is 36.7 Å². The van der Waals surface area contributed by atoms with E-state index in [9.17, 15) is 4.79 Å². The van der Waals surface area contributed by atoms with Gasteiger partial charge in [-0.3, -0.25) is 4.98 Å². The second-order valence-electron chi connectivity index (χ2n) is 4.25. The van der Waals surface area contributed by atoms with Gasteiger partial charge in [0.2, 0.25) is 0 Å². The van der Waals surface area contributed by atoms with Gasteiger partial charge in [0.15, 0.2) is 0 Å². The number of pyridine rings is 1. The summed E-state index contributed by atoms with van der Waals surface area (Å²) in [7, 11) is 0. The summed E-state index contributed by atoms with van der Waals surface area (Å²) >= 11 is 0. The molecule has 82 valence electrons. The number of Topliss-reactive ketones (excluding diaryl/α,β-unsaturated/α-hetero) is 1. The summed E-state index contributed by atoms with van der Waals surface area (Å²) in [5.41, 5.74) is 1.23. The van der Waals surface area contributed by atoms with Crippen molar-refractivity contribution in [2.24, 2.45) is 0 Å². The average molecular weight is 213 g/mol. The molecule has 1 atom stereocenters. The first-order valence-electron chi connectivity index (χ1n) is 5.50. The standard InChI is InChI=1S/C14H15NO/c1-10(8-11(2)16)13-5-3-4-12-9-15-7-6-14(12)13/h3-7,9-10H,8H2,1-2H3. The van der Waals surface area contributed by atoms with Crippen molar-refractivity contribution in [3.8, 4) is 0 Å². The minimum atomic E-state index is 0.235. The van der Waals surface area contributed by atoms with Gasteiger partial charge in [-0.15, -0.1) is 0 Å². The SMILES string of the molecule is CC(=O)CC(C)c1cccc2cnccc12. The fourth-order valence-electron chi connectivity index (χ4n) is 2.12. The number of ketones is 1. The van der Waals surface area contributed by atoms with Gasteiger partial charge in [0.25, 0.3) is 0 Å². The minimum absolute atomic E-state index is 0.235. The Morgan fingerprint density at radius 3 is 2.94 bits per heavy atom. The number of hydrogen-bond donors (Lipinski definition) is 0. The van der Waals surface area contributed by atoms with Crippen LogP contribution in [0.2, 0.25) is 0 Å². The molecule has 1 unspecified atom stereocenters. The first-order valence-corrected chi connectivity index (χ1v) is 5.50. The van der Waals surface area contributed by atoms with E-state index in [0.717, 1.165) is 5.39 Å². The Bertz CT molecular complexity index is 514. The van der Waals surface area contributed by atoms with Gasteiger partial charge < -0.3 is 4.79 Å². The Morgan fingerprint density at radius 2 is 2.19 bits per heavy atom. The van der Waals surface area contributed by atoms with Crippen LogP contribution in [0.25, 0.3) is 10.8 Å². The molecule has 0 bridgehead atoms. The third kappa shape index (κ3) is 2.11. The first-order chi connectivity index (χ1) is 7.68. The number of nitrogens with zero attached hydrogens (tertiary/aromatic N) is 1. The van der Waals surface area contributed by atoms with E-state index in [1.807, 2.05) is 24.4 Å². The molecule has 1 aromatic heterocycles. The van der Waals surface area contributed by atoms with E-state index in [1.54, 1.807) is 13.1 Å². The lowest BCUT2D eigenvalue weighted by atomic mass is 9.92. The molecule has 0 spiro atoms. The summed E-state index contributed by atoms with van der Waals surface area (Å²) in [5.74, 6) is 0.502. The highest BCUT2D eigenvalue weighted by Gasteiger charge is 2.10. The van der Waals surface area contributed by atoms with Crippen LogP contribution in [-0.4, -0.2) is 10.8 Å². The molecule has 0 aliphatic heterocycles. The Kier molecular flexibility index (Phi) is 3.00. The molecule has 1 aromatic carbocycles. The van der Waals surface area contributed by atoms with E-state index in [1.165, 1.54) is 10.9 Å². The van der Waals surface area contributed by atoms with Crippen molar-refractivity contribution in [1.82, 2.24) is 4.98 Å². The van der Waals surface area contributed by atoms with Crippen LogP contribution in [0.1, 0.15) is 31.7 Å². The normalized spacial score (nSPS) is 12.6. The molecule has 2 aromatic rings. The third-order valence-corrected chi connectivity index (χ3v) is 2.84. The molecule has 2 heteroatoms. The lowest BCUT2D eigenvalue weighted by molar-refractivity contribution is -0.117. The van der Waals surface area contributed by atoms with Gasteiger partial charge in [-0.25, -0.2) is 0 Å². The van der Waals surface area contributed by atoms with Crippen LogP contribution in [0, 0.1) is 0 Å². The molecule has 0 aliphatic rings. The maximum absolute atomic E-state index is 11.2. The molecule has 2 rings (SSSR count). The predicted molar refractivity (Wildman–Crippen MR) is 65.5 cm³/mol. The van der Waals surface area contributed by atoms with E-state index >= 15 is 0 Å². The zero-order valence-electron chi connectivity index (χ0n) is 9.60. The van der Waals surface area contributed by atoms with Crippen molar-refractivity contribution in [2.45, 2.75) is 26.2 Å². The fourth-order valence-corrected chi connectivity index (χ4v) is 2.12. The van der Waals surface area contributed by atoms with E-state index in [2.05, 4.69) is 18.0 Å². The van der Waals surface area contributed by atoms with E-state index in [0.29, 0.717) is 6.42 Å². The van der Waals surface area contributed by atoms with Crippen LogP contribution < -0.4 is 0 Å². The highest BCUT2D eigenvalue weighted by molar-refractivity contribution is 5.86. The quantitative estimate of drug-likeness (QED) is 0.782. The predicted octanol–water partition coefficient (Wildman–Crippen LogP) is 3.32. The number of hydrogen-bond acceptors (Lipinski definition) is 2. The largest absolute Gasteiger partial charge is 0.300 e. The number of carbonyl (C=O) groups is 1. The highest BCUT2D eigenvalue weighted by Crippen LogP contribution is 2.27. The number of rotatable bonds is 3. The number of fused-ring (bicyclic) bond motifs is 1. The Labute approximate surface area is 95.3 Å². The third-order valence-electron chi connectivity index (χ3n) is 2.84. The molecule has 2 nitrogen and oxygen atoms in total. The molecule has 0 amide bonds. The van der Waals surface area contributed by atoms with Crippen molar-refractivity contribution in [3.63, 3.8) is 0 Å². The number of carbonyl (C=O) groups excluding carboxylic acids is 1. The zero-order valence-corrected chi connectivity index (χ0v) is 9.60. The van der Waals surface area contributed by atoms with E-state index < -0.39 is 0 Å². The van der Waals surface area contributed by atoms with Gasteiger partial charge in [0, 0.05) is 24.2 Å². The average Bonchev–Trinajstić information content (AvgIpc) is 2.27. The van der Waals surface area contributed by atoms with Gasteiger partial charge in [0.05, 0.1) is 0 Å². The van der Waals surface area contributed by atoms with Crippen molar-refractivity contribution < 1.29 is 4.79 Å². The summed E-state index contributed by atoms with van der Waals surface area (Å²) in [5, 5.41) is 2.33. The lowest BCUT2D eigenvalue weighted by Gasteiger charge is -2.12. The Morgan fingerprint density at radius 1 is 1.38 bits per heavy atom. The van der Waals surface area contributed by atoms with E-state index in [4.69, 9.17) is 0 Å². The van der Waals surface area contributed by atoms with Crippen LogP contribution in [0.5, 0.6) is 0 Å². The van der Waals surface area contributed by atoms with Gasteiger partial charge in [-0.1, -0.05) is 25.1 Å². The minimum Gasteiger partial charge on any atom is -0.300 e. The molecule has 0 N–H and O–H groups in total. The van der Waals surface area contributed by atoms with Gasteiger partial charge in [-0.05, 0) is 29.9 Å². The van der Waals surface area contributed by atoms with E-state index in [-0.39, 0.29) is 11.7 Å². The molecular formula is C14H15NO. The second kappa shape index (κ2) is 4.44. The second-order valence-corrected chi connectivity index (χ2v) is 4.25. The zero-order chi connectivity index (χ0) is 11.5. The Hall–Kier alpha value is -1.70. The summed E-state index contributed by atoms with van der Waals surface area (Å²) in [6, 6.07) is 8.18. The van der Waals surface area contributed by atoms with Crippen molar-refractivity contribution in [1.29, 1.82) is 0 Å². The molecule has 0 radical (unpaired) electrons. The van der Waals surface area contributed by atoms with Crippen LogP contribution in [0.4, 0.5) is 0 Å². The molecule has 0 saturated heterocycles. The van der Waals surface area contributed by atoms with Gasteiger partial charge in [0.1, 0.15) is 5.78 Å². The topological polar surface area (TPSA) is 30.0 Å². The maximum Gasteiger partial charge on any atom is 0.130 e. The monoisotopic (exact) mass is 213 g/mol. The summed E-state index contributed by atoms with van der Waals surface area (Å²) in [4.78, 5) is 15.3. The number of benzene rings is 1. The molecule has 0 aliphatic carbocycles. The van der Waals surface area contributed by atoms with Gasteiger partial charge in [-0.2, -0.15) is 0 Å². The first kappa shape index (κ1) is 10.8. The Balaban J connectivity index is 2.47. The molecule has 0 fully saturated rings. The molecular weight excluding hydrogens is 198 g/mol. The molecule has 16 heavy (non-hydrogen) atoms. The fraction of sp³-hybridized carbons (Fsp3) is 0.286. The lowest BCUT2D eigenvalue weighted by Crippen LogP contribution is -2.01. The van der Waals surface area contributed by atoms with Crippen LogP contribution >= 0.6 is 0 Å². The van der Waals surface area contributed by atoms with Gasteiger partial charge >= 0.3 is 0 Å². The summed E-state index contributed by atoms with van der Waals surface area (Å²) in [6.45, 7) is 3.74. The number of aromatic nitrogens is 1. The van der Waals surface area contributed by atoms with Crippen LogP contribution in [-0.2, 0) is 4.79 Å². The molecule has 1 heterocycles. The van der Waals surface area contributed by atoms with Crippen molar-refractivity contribution in [2.75, 3.05) is 0 Å². The summed E-state index contributed by atoms with van der Waals surface area (Å²) in [6.07, 6.45) is 4.26. The van der Waals surface area contributed by atoms with Crippen molar-refractivity contribution in [3.05, 3.63) is 42.2 Å².